The molecule has 0 saturated heterocycles. The summed E-state index contributed by atoms with van der Waals surface area (Å²) in [6, 6.07) is 27.4. The number of hydrogen-bond donors (Lipinski definition) is 0. The van der Waals surface area contributed by atoms with Gasteiger partial charge in [-0.1, -0.05) is 78.4 Å². The summed E-state index contributed by atoms with van der Waals surface area (Å²) in [5.41, 5.74) is 13.5. The van der Waals surface area contributed by atoms with E-state index < -0.39 is 0 Å². The third-order valence-corrected chi connectivity index (χ3v) is 8.66. The lowest BCUT2D eigenvalue weighted by molar-refractivity contribution is 0.967. The van der Waals surface area contributed by atoms with Crippen LogP contribution in [0.25, 0.3) is 48.0 Å². The van der Waals surface area contributed by atoms with Crippen molar-refractivity contribution < 1.29 is 0 Å². The molecule has 0 bridgehead atoms. The fourth-order valence-electron chi connectivity index (χ4n) is 5.59. The van der Waals surface area contributed by atoms with Crippen LogP contribution in [0.4, 0.5) is 0 Å². The zero-order valence-corrected chi connectivity index (χ0v) is 21.7. The van der Waals surface area contributed by atoms with Crippen molar-refractivity contribution in [2.45, 2.75) is 40.5 Å². The predicted molar refractivity (Wildman–Crippen MR) is 155 cm³/mol. The highest BCUT2D eigenvalue weighted by Gasteiger charge is 2.19. The Morgan fingerprint density at radius 1 is 0.686 bits per heavy atom. The molecule has 0 fully saturated rings. The van der Waals surface area contributed by atoms with E-state index in [1.807, 2.05) is 11.3 Å². The molecule has 172 valence electrons. The average molecular weight is 471 g/mol. The van der Waals surface area contributed by atoms with E-state index in [0.717, 1.165) is 12.8 Å². The molecule has 0 aliphatic heterocycles. The van der Waals surface area contributed by atoms with E-state index in [0.29, 0.717) is 0 Å². The van der Waals surface area contributed by atoms with E-state index in [2.05, 4.69) is 113 Å². The lowest BCUT2D eigenvalue weighted by Gasteiger charge is -2.21. The van der Waals surface area contributed by atoms with E-state index in [-0.39, 0.29) is 0 Å². The zero-order valence-electron chi connectivity index (χ0n) is 20.9. The Balaban J connectivity index is 1.61. The molecule has 1 aromatic heterocycles. The molecule has 0 amide bonds. The molecule has 1 aliphatic rings. The fraction of sp³-hybridized carbons (Fsp3) is 0.176. The summed E-state index contributed by atoms with van der Waals surface area (Å²) >= 11 is 1.90. The smallest absolute Gasteiger partial charge is 0.0361 e. The highest BCUT2D eigenvalue weighted by molar-refractivity contribution is 7.25. The van der Waals surface area contributed by atoms with Crippen molar-refractivity contribution in [1.82, 2.24) is 0 Å². The van der Waals surface area contributed by atoms with Crippen LogP contribution in [0.5, 0.6) is 0 Å². The van der Waals surface area contributed by atoms with E-state index in [1.54, 1.807) is 0 Å². The molecule has 0 atom stereocenters. The number of fused-ring (bicyclic) bond motifs is 3. The lowest BCUT2D eigenvalue weighted by Crippen LogP contribution is -1.99. The minimum Gasteiger partial charge on any atom is -0.135 e. The van der Waals surface area contributed by atoms with Crippen LogP contribution in [0.3, 0.4) is 0 Å². The molecule has 0 N–H and O–H groups in total. The normalized spacial score (nSPS) is 13.8. The second-order valence-corrected chi connectivity index (χ2v) is 11.0. The van der Waals surface area contributed by atoms with Gasteiger partial charge in [0.1, 0.15) is 0 Å². The van der Waals surface area contributed by atoms with Crippen molar-refractivity contribution in [3.05, 3.63) is 113 Å². The van der Waals surface area contributed by atoms with Gasteiger partial charge in [-0.25, -0.2) is 0 Å². The molecule has 0 nitrogen and oxygen atoms in total. The molecular weight excluding hydrogens is 440 g/mol. The van der Waals surface area contributed by atoms with Gasteiger partial charge in [-0.3, -0.25) is 0 Å². The Bertz CT molecular complexity index is 1670. The highest BCUT2D eigenvalue weighted by atomic mass is 32.1. The minimum absolute atomic E-state index is 1.14. The van der Waals surface area contributed by atoms with Crippen LogP contribution in [0, 0.1) is 20.8 Å². The topological polar surface area (TPSA) is 0 Å². The van der Waals surface area contributed by atoms with Gasteiger partial charge >= 0.3 is 0 Å². The maximum atomic E-state index is 2.40. The first-order valence-corrected chi connectivity index (χ1v) is 13.3. The number of rotatable bonds is 3. The van der Waals surface area contributed by atoms with Crippen molar-refractivity contribution in [3.63, 3.8) is 0 Å². The van der Waals surface area contributed by atoms with Gasteiger partial charge in [0.25, 0.3) is 0 Å². The first kappa shape index (κ1) is 22.1. The van der Waals surface area contributed by atoms with Crippen molar-refractivity contribution in [3.8, 4) is 22.3 Å². The summed E-state index contributed by atoms with van der Waals surface area (Å²) in [7, 11) is 0. The second kappa shape index (κ2) is 8.66. The Kier molecular flexibility index (Phi) is 5.46. The van der Waals surface area contributed by atoms with Crippen LogP contribution < -0.4 is 0 Å². The lowest BCUT2D eigenvalue weighted by atomic mass is 9.83. The number of hydrogen-bond acceptors (Lipinski definition) is 1. The summed E-state index contributed by atoms with van der Waals surface area (Å²) < 4.78 is 2.73. The Morgan fingerprint density at radius 3 is 2.23 bits per heavy atom. The molecular formula is C34H30S. The number of aryl methyl sites for hydroxylation is 2. The molecule has 0 radical (unpaired) electrons. The maximum Gasteiger partial charge on any atom is 0.0361 e. The van der Waals surface area contributed by atoms with Gasteiger partial charge in [0, 0.05) is 20.2 Å². The number of allylic oxidation sites excluding steroid dienone is 4. The summed E-state index contributed by atoms with van der Waals surface area (Å²) in [6.07, 6.45) is 6.94. The molecule has 35 heavy (non-hydrogen) atoms. The minimum atomic E-state index is 1.14. The van der Waals surface area contributed by atoms with Gasteiger partial charge in [-0.2, -0.15) is 0 Å². The standard InChI is InChI=1S/C34H30S/c1-21-13-15-30-31-16-14-25(20-33(31)35-32(30)19-21)29-18-17-28(26-11-7-5-9-22(26)2)24(4)34(29)27-12-8-6-10-23(27)3/h6-8,10-20H,5,9H2,1-4H3. The van der Waals surface area contributed by atoms with E-state index in [1.165, 1.54) is 75.8 Å². The molecule has 1 heteroatoms. The zero-order chi connectivity index (χ0) is 24.1. The maximum absolute atomic E-state index is 2.40. The molecule has 0 saturated carbocycles. The predicted octanol–water partition coefficient (Wildman–Crippen LogP) is 10.4. The summed E-state index contributed by atoms with van der Waals surface area (Å²) in [4.78, 5) is 0. The quantitative estimate of drug-likeness (QED) is 0.246. The Hall–Kier alpha value is -3.42. The number of thiophene rings is 1. The molecule has 6 rings (SSSR count). The van der Waals surface area contributed by atoms with E-state index >= 15 is 0 Å². The fourth-order valence-corrected chi connectivity index (χ4v) is 6.84. The monoisotopic (exact) mass is 470 g/mol. The third-order valence-electron chi connectivity index (χ3n) is 7.54. The van der Waals surface area contributed by atoms with Crippen molar-refractivity contribution in [2.75, 3.05) is 0 Å². The number of benzene rings is 4. The van der Waals surface area contributed by atoms with Crippen molar-refractivity contribution in [1.29, 1.82) is 0 Å². The first-order valence-electron chi connectivity index (χ1n) is 12.5. The molecule has 4 aromatic carbocycles. The summed E-state index contributed by atoms with van der Waals surface area (Å²) in [6.45, 7) is 9.00. The van der Waals surface area contributed by atoms with Crippen molar-refractivity contribution in [2.24, 2.45) is 0 Å². The van der Waals surface area contributed by atoms with Gasteiger partial charge in [0.15, 0.2) is 0 Å². The average Bonchev–Trinajstić information content (AvgIpc) is 3.21. The van der Waals surface area contributed by atoms with Crippen molar-refractivity contribution >= 4 is 37.1 Å². The first-order chi connectivity index (χ1) is 17.0. The SMILES string of the molecule is CC1=C(c2ccc(-c3ccc4c(c3)sc3cc(C)ccc34)c(-c3ccccc3C)c2C)C=CCC1. The molecule has 1 heterocycles. The van der Waals surface area contributed by atoms with Crippen LogP contribution >= 0.6 is 11.3 Å². The van der Waals surface area contributed by atoms with E-state index in [9.17, 15) is 0 Å². The van der Waals surface area contributed by atoms with Crippen LogP contribution in [0.15, 0.2) is 90.5 Å². The Labute approximate surface area is 212 Å². The van der Waals surface area contributed by atoms with Gasteiger partial charge < -0.3 is 0 Å². The highest BCUT2D eigenvalue weighted by Crippen LogP contribution is 2.43. The van der Waals surface area contributed by atoms with Gasteiger partial charge in [0.05, 0.1) is 0 Å². The molecule has 0 unspecified atom stereocenters. The third kappa shape index (κ3) is 3.75. The molecule has 1 aliphatic carbocycles. The van der Waals surface area contributed by atoms with Gasteiger partial charge in [0.2, 0.25) is 0 Å². The molecule has 5 aromatic rings. The summed E-state index contributed by atoms with van der Waals surface area (Å²) in [5.74, 6) is 0. The van der Waals surface area contributed by atoms with Gasteiger partial charge in [-0.15, -0.1) is 11.3 Å². The van der Waals surface area contributed by atoms with Crippen LogP contribution in [-0.4, -0.2) is 0 Å². The van der Waals surface area contributed by atoms with Crippen LogP contribution in [0.1, 0.15) is 42.0 Å². The van der Waals surface area contributed by atoms with Crippen LogP contribution in [-0.2, 0) is 0 Å². The summed E-state index contributed by atoms with van der Waals surface area (Å²) in [5, 5.41) is 2.71. The van der Waals surface area contributed by atoms with E-state index in [4.69, 9.17) is 0 Å². The largest absolute Gasteiger partial charge is 0.135 e. The Morgan fingerprint density at radius 2 is 1.43 bits per heavy atom. The second-order valence-electron chi connectivity index (χ2n) is 9.92. The van der Waals surface area contributed by atoms with Gasteiger partial charge in [-0.05, 0) is 103 Å². The van der Waals surface area contributed by atoms with Crippen LogP contribution in [0.2, 0.25) is 0 Å². The molecule has 0 spiro atoms.